The molecular formula is C17H25IO. The SMILES string of the molecule is CC(C)c1ccc(C(C)(CI)OCCC2CC2)cc1. The molecule has 19 heavy (non-hydrogen) atoms. The molecule has 0 bridgehead atoms. The fraction of sp³-hybridized carbons (Fsp3) is 0.647. The van der Waals surface area contributed by atoms with E-state index in [-0.39, 0.29) is 5.60 Å². The largest absolute Gasteiger partial charge is 0.370 e. The van der Waals surface area contributed by atoms with Gasteiger partial charge < -0.3 is 4.74 Å². The van der Waals surface area contributed by atoms with Crippen molar-refractivity contribution >= 4 is 22.6 Å². The molecule has 0 saturated heterocycles. The van der Waals surface area contributed by atoms with Crippen molar-refractivity contribution in [2.24, 2.45) is 5.92 Å². The van der Waals surface area contributed by atoms with E-state index < -0.39 is 0 Å². The maximum Gasteiger partial charge on any atom is 0.0992 e. The molecule has 2 rings (SSSR count). The number of halogens is 1. The van der Waals surface area contributed by atoms with Gasteiger partial charge in [0.25, 0.3) is 0 Å². The standard InChI is InChI=1S/C17H25IO/c1-13(2)15-6-8-16(9-7-15)17(3,12-18)19-11-10-14-4-5-14/h6-9,13-14H,4-5,10-12H2,1-3H3. The summed E-state index contributed by atoms with van der Waals surface area (Å²) in [5.74, 6) is 1.54. The molecule has 1 nitrogen and oxygen atoms in total. The lowest BCUT2D eigenvalue weighted by Crippen LogP contribution is -2.28. The summed E-state index contributed by atoms with van der Waals surface area (Å²) < 4.78 is 7.20. The molecule has 0 N–H and O–H groups in total. The van der Waals surface area contributed by atoms with Gasteiger partial charge in [0.15, 0.2) is 0 Å². The first-order valence-corrected chi connectivity index (χ1v) is 8.88. The molecule has 0 amide bonds. The molecule has 0 radical (unpaired) electrons. The highest BCUT2D eigenvalue weighted by Crippen LogP contribution is 2.34. The van der Waals surface area contributed by atoms with Crippen LogP contribution in [0.3, 0.4) is 0 Å². The van der Waals surface area contributed by atoms with Crippen molar-refractivity contribution in [3.05, 3.63) is 35.4 Å². The summed E-state index contributed by atoms with van der Waals surface area (Å²) in [6, 6.07) is 8.97. The molecule has 106 valence electrons. The highest BCUT2D eigenvalue weighted by molar-refractivity contribution is 14.1. The number of ether oxygens (including phenoxy) is 1. The van der Waals surface area contributed by atoms with Crippen molar-refractivity contribution in [3.8, 4) is 0 Å². The average molecular weight is 372 g/mol. The quantitative estimate of drug-likeness (QED) is 0.468. The van der Waals surface area contributed by atoms with Crippen LogP contribution in [0.1, 0.15) is 57.1 Å². The molecule has 0 aliphatic heterocycles. The van der Waals surface area contributed by atoms with E-state index in [9.17, 15) is 0 Å². The van der Waals surface area contributed by atoms with E-state index in [0.717, 1.165) is 17.0 Å². The Labute approximate surface area is 131 Å². The highest BCUT2D eigenvalue weighted by atomic mass is 127. The van der Waals surface area contributed by atoms with Crippen LogP contribution in [0.25, 0.3) is 0 Å². The number of hydrogen-bond donors (Lipinski definition) is 0. The van der Waals surface area contributed by atoms with E-state index >= 15 is 0 Å². The molecule has 2 heteroatoms. The zero-order valence-corrected chi connectivity index (χ0v) is 14.4. The molecule has 1 aromatic rings. The van der Waals surface area contributed by atoms with Gasteiger partial charge in [-0.2, -0.15) is 0 Å². The lowest BCUT2D eigenvalue weighted by molar-refractivity contribution is -0.0182. The minimum atomic E-state index is -0.134. The molecule has 1 aliphatic rings. The molecule has 1 aliphatic carbocycles. The molecule has 1 atom stereocenters. The summed E-state index contributed by atoms with van der Waals surface area (Å²) in [6.45, 7) is 7.59. The Balaban J connectivity index is 2.00. The Hall–Kier alpha value is -0.0900. The normalized spacial score (nSPS) is 18.6. The van der Waals surface area contributed by atoms with Gasteiger partial charge in [-0.15, -0.1) is 0 Å². The van der Waals surface area contributed by atoms with Crippen LogP contribution in [-0.2, 0) is 10.3 Å². The summed E-state index contributed by atoms with van der Waals surface area (Å²) in [6.07, 6.45) is 4.05. The summed E-state index contributed by atoms with van der Waals surface area (Å²) in [5.41, 5.74) is 2.57. The van der Waals surface area contributed by atoms with Crippen LogP contribution in [0.4, 0.5) is 0 Å². The maximum absolute atomic E-state index is 6.21. The molecule has 0 aromatic heterocycles. The van der Waals surface area contributed by atoms with Crippen LogP contribution in [0, 0.1) is 5.92 Å². The predicted molar refractivity (Wildman–Crippen MR) is 90.1 cm³/mol. The second-order valence-corrected chi connectivity index (χ2v) is 6.98. The third kappa shape index (κ3) is 4.19. The van der Waals surface area contributed by atoms with E-state index in [1.165, 1.54) is 30.4 Å². The second-order valence-electron chi connectivity index (χ2n) is 6.22. The van der Waals surface area contributed by atoms with Gasteiger partial charge >= 0.3 is 0 Å². The summed E-state index contributed by atoms with van der Waals surface area (Å²) >= 11 is 2.44. The summed E-state index contributed by atoms with van der Waals surface area (Å²) in [4.78, 5) is 0. The van der Waals surface area contributed by atoms with Crippen LogP contribution in [0.5, 0.6) is 0 Å². The smallest absolute Gasteiger partial charge is 0.0992 e. The second kappa shape index (κ2) is 6.57. The van der Waals surface area contributed by atoms with Gasteiger partial charge in [-0.3, -0.25) is 0 Å². The lowest BCUT2D eigenvalue weighted by atomic mass is 9.94. The van der Waals surface area contributed by atoms with Crippen LogP contribution in [-0.4, -0.2) is 11.0 Å². The van der Waals surface area contributed by atoms with Gasteiger partial charge in [0.1, 0.15) is 0 Å². The third-order valence-corrected chi connectivity index (χ3v) is 5.54. The van der Waals surface area contributed by atoms with Crippen molar-refractivity contribution < 1.29 is 4.74 Å². The third-order valence-electron chi connectivity index (χ3n) is 4.09. The predicted octanol–water partition coefficient (Wildman–Crippen LogP) is 5.28. The van der Waals surface area contributed by atoms with E-state index in [2.05, 4.69) is 67.6 Å². The summed E-state index contributed by atoms with van der Waals surface area (Å²) in [7, 11) is 0. The molecule has 0 spiro atoms. The molecule has 1 fully saturated rings. The average Bonchev–Trinajstić information content (AvgIpc) is 3.23. The minimum absolute atomic E-state index is 0.134. The van der Waals surface area contributed by atoms with E-state index in [1.807, 2.05) is 0 Å². The Kier molecular flexibility index (Phi) is 5.29. The van der Waals surface area contributed by atoms with Gasteiger partial charge in [-0.1, -0.05) is 73.5 Å². The summed E-state index contributed by atoms with van der Waals surface area (Å²) in [5, 5.41) is 0. The lowest BCUT2D eigenvalue weighted by Gasteiger charge is -2.29. The van der Waals surface area contributed by atoms with Crippen LogP contribution in [0.15, 0.2) is 24.3 Å². The van der Waals surface area contributed by atoms with Gasteiger partial charge in [0.05, 0.1) is 5.60 Å². The van der Waals surface area contributed by atoms with Crippen molar-refractivity contribution in [2.45, 2.75) is 51.6 Å². The first kappa shape index (κ1) is 15.3. The number of hydrogen-bond acceptors (Lipinski definition) is 1. The highest BCUT2D eigenvalue weighted by Gasteiger charge is 2.28. The molecule has 0 heterocycles. The first-order valence-electron chi connectivity index (χ1n) is 7.35. The Morgan fingerprint density at radius 3 is 2.37 bits per heavy atom. The number of benzene rings is 1. The Morgan fingerprint density at radius 1 is 1.26 bits per heavy atom. The van der Waals surface area contributed by atoms with E-state index in [4.69, 9.17) is 4.74 Å². The monoisotopic (exact) mass is 372 g/mol. The molecule has 1 saturated carbocycles. The van der Waals surface area contributed by atoms with Crippen molar-refractivity contribution in [3.63, 3.8) is 0 Å². The fourth-order valence-corrected chi connectivity index (χ4v) is 2.94. The van der Waals surface area contributed by atoms with E-state index in [0.29, 0.717) is 5.92 Å². The number of rotatable bonds is 7. The van der Waals surface area contributed by atoms with Crippen molar-refractivity contribution in [1.29, 1.82) is 0 Å². The van der Waals surface area contributed by atoms with Crippen molar-refractivity contribution in [1.82, 2.24) is 0 Å². The van der Waals surface area contributed by atoms with Crippen LogP contribution >= 0.6 is 22.6 Å². The first-order chi connectivity index (χ1) is 9.05. The topological polar surface area (TPSA) is 9.23 Å². The van der Waals surface area contributed by atoms with Gasteiger partial charge in [0.2, 0.25) is 0 Å². The van der Waals surface area contributed by atoms with Crippen LogP contribution < -0.4 is 0 Å². The molecule has 1 unspecified atom stereocenters. The fourth-order valence-electron chi connectivity index (χ4n) is 2.28. The van der Waals surface area contributed by atoms with Gasteiger partial charge in [-0.05, 0) is 36.3 Å². The van der Waals surface area contributed by atoms with Crippen molar-refractivity contribution in [2.75, 3.05) is 11.0 Å². The maximum atomic E-state index is 6.21. The van der Waals surface area contributed by atoms with Crippen LogP contribution in [0.2, 0.25) is 0 Å². The Bertz CT molecular complexity index is 394. The number of alkyl halides is 1. The Morgan fingerprint density at radius 2 is 1.89 bits per heavy atom. The van der Waals surface area contributed by atoms with Gasteiger partial charge in [0, 0.05) is 11.0 Å². The molecular weight excluding hydrogens is 347 g/mol. The van der Waals surface area contributed by atoms with E-state index in [1.54, 1.807) is 0 Å². The zero-order valence-electron chi connectivity index (χ0n) is 12.3. The minimum Gasteiger partial charge on any atom is -0.370 e. The zero-order chi connectivity index (χ0) is 13.9. The molecule has 1 aromatic carbocycles. The van der Waals surface area contributed by atoms with Gasteiger partial charge in [-0.25, -0.2) is 0 Å².